The second-order valence-corrected chi connectivity index (χ2v) is 5.83. The van der Waals surface area contributed by atoms with Crippen LogP contribution in [0.15, 0.2) is 40.0 Å². The molecule has 0 saturated carbocycles. The van der Waals surface area contributed by atoms with Crippen LogP contribution in [0.3, 0.4) is 0 Å². The van der Waals surface area contributed by atoms with Crippen LogP contribution in [0.25, 0.3) is 0 Å². The average molecular weight is 382 g/mol. The van der Waals surface area contributed by atoms with Crippen molar-refractivity contribution < 1.29 is 13.9 Å². The first kappa shape index (κ1) is 19.1. The van der Waals surface area contributed by atoms with Gasteiger partial charge in [-0.05, 0) is 48.5 Å². The molecule has 2 rings (SSSR count). The topological polar surface area (TPSA) is 68.0 Å². The molecule has 0 aliphatic carbocycles. The molecule has 1 heterocycles. The van der Waals surface area contributed by atoms with Crippen LogP contribution in [0.1, 0.15) is 24.7 Å². The number of ether oxygens (including phenoxy) is 2. The lowest BCUT2D eigenvalue weighted by Crippen LogP contribution is -2.31. The molecule has 1 aromatic heterocycles. The van der Waals surface area contributed by atoms with Gasteiger partial charge in [-0.2, -0.15) is 5.10 Å². The van der Waals surface area contributed by atoms with Gasteiger partial charge in [0.25, 0.3) is 0 Å². The Hall–Kier alpha value is -2.25. The van der Waals surface area contributed by atoms with Crippen molar-refractivity contribution in [2.24, 2.45) is 5.10 Å². The summed E-state index contributed by atoms with van der Waals surface area (Å²) in [6, 6.07) is 7.22. The van der Waals surface area contributed by atoms with Crippen molar-refractivity contribution in [3.05, 3.63) is 46.9 Å². The largest absolute Gasteiger partial charge is 0.493 e. The zero-order chi connectivity index (χ0) is 18.1. The van der Waals surface area contributed by atoms with E-state index in [9.17, 15) is 0 Å². The Bertz CT molecular complexity index is 720. The first-order valence-corrected chi connectivity index (χ1v) is 8.52. The van der Waals surface area contributed by atoms with Crippen molar-refractivity contribution in [1.29, 1.82) is 0 Å². The third-order valence-electron chi connectivity index (χ3n) is 3.09. The lowest BCUT2D eigenvalue weighted by atomic mass is 10.2. The van der Waals surface area contributed by atoms with Crippen LogP contribution in [0.2, 0.25) is 5.02 Å². The highest BCUT2D eigenvalue weighted by molar-refractivity contribution is 7.80. The molecule has 0 fully saturated rings. The molecule has 0 spiro atoms. The van der Waals surface area contributed by atoms with Crippen LogP contribution in [-0.2, 0) is 6.54 Å². The third-order valence-corrected chi connectivity index (χ3v) is 3.60. The van der Waals surface area contributed by atoms with Gasteiger partial charge in [-0.1, -0.05) is 18.5 Å². The Morgan fingerprint density at radius 3 is 2.96 bits per heavy atom. The molecule has 25 heavy (non-hydrogen) atoms. The maximum Gasteiger partial charge on any atom is 0.187 e. The number of rotatable bonds is 8. The van der Waals surface area contributed by atoms with Gasteiger partial charge < -0.3 is 19.2 Å². The SMILES string of the molecule is CCCOc1c(Cl)cc(/C=N\NC(=S)NCc2ccco2)cc1OC. The number of hydrogen-bond acceptors (Lipinski definition) is 5. The molecule has 6 nitrogen and oxygen atoms in total. The fourth-order valence-corrected chi connectivity index (χ4v) is 2.34. The van der Waals surface area contributed by atoms with Crippen LogP contribution in [0.5, 0.6) is 11.5 Å². The first-order chi connectivity index (χ1) is 12.1. The highest BCUT2D eigenvalue weighted by Crippen LogP contribution is 2.36. The van der Waals surface area contributed by atoms with E-state index in [4.69, 9.17) is 37.7 Å². The van der Waals surface area contributed by atoms with Crippen LogP contribution in [0.4, 0.5) is 0 Å². The zero-order valence-electron chi connectivity index (χ0n) is 14.0. The molecular weight excluding hydrogens is 362 g/mol. The van der Waals surface area contributed by atoms with Crippen LogP contribution >= 0.6 is 23.8 Å². The van der Waals surface area contributed by atoms with Crippen molar-refractivity contribution in [3.63, 3.8) is 0 Å². The maximum atomic E-state index is 6.26. The van der Waals surface area contributed by atoms with Crippen molar-refractivity contribution in [2.45, 2.75) is 19.9 Å². The minimum absolute atomic E-state index is 0.383. The molecule has 8 heteroatoms. The second-order valence-electron chi connectivity index (χ2n) is 5.01. The highest BCUT2D eigenvalue weighted by atomic mass is 35.5. The Morgan fingerprint density at radius 1 is 1.44 bits per heavy atom. The van der Waals surface area contributed by atoms with E-state index in [-0.39, 0.29) is 0 Å². The fourth-order valence-electron chi connectivity index (χ4n) is 1.94. The molecule has 0 saturated heterocycles. The monoisotopic (exact) mass is 381 g/mol. The maximum absolute atomic E-state index is 6.26. The minimum atomic E-state index is 0.383. The molecule has 0 bridgehead atoms. The summed E-state index contributed by atoms with van der Waals surface area (Å²) in [6.45, 7) is 3.08. The smallest absolute Gasteiger partial charge is 0.187 e. The van der Waals surface area contributed by atoms with E-state index >= 15 is 0 Å². The highest BCUT2D eigenvalue weighted by Gasteiger charge is 2.11. The molecular formula is C17H20ClN3O3S. The summed E-state index contributed by atoms with van der Waals surface area (Å²) in [4.78, 5) is 0. The molecule has 0 unspecified atom stereocenters. The Kier molecular flexibility index (Phi) is 7.56. The number of hydrogen-bond donors (Lipinski definition) is 2. The van der Waals surface area contributed by atoms with E-state index in [1.165, 1.54) is 0 Å². The summed E-state index contributed by atoms with van der Waals surface area (Å²) in [5.74, 6) is 1.87. The number of furan rings is 1. The average Bonchev–Trinajstić information content (AvgIpc) is 3.12. The van der Waals surface area contributed by atoms with E-state index in [1.54, 1.807) is 31.7 Å². The van der Waals surface area contributed by atoms with Crippen molar-refractivity contribution in [1.82, 2.24) is 10.7 Å². The van der Waals surface area contributed by atoms with Crippen LogP contribution in [0, 0.1) is 0 Å². The minimum Gasteiger partial charge on any atom is -0.493 e. The number of nitrogens with zero attached hydrogens (tertiary/aromatic N) is 1. The lowest BCUT2D eigenvalue weighted by Gasteiger charge is -2.12. The molecule has 0 radical (unpaired) electrons. The first-order valence-electron chi connectivity index (χ1n) is 7.73. The van der Waals surface area contributed by atoms with Gasteiger partial charge >= 0.3 is 0 Å². The Labute approximate surface area is 157 Å². The van der Waals surface area contributed by atoms with Gasteiger partial charge in [0.2, 0.25) is 0 Å². The Balaban J connectivity index is 1.93. The summed E-state index contributed by atoms with van der Waals surface area (Å²) in [6.07, 6.45) is 4.09. The summed E-state index contributed by atoms with van der Waals surface area (Å²) in [5, 5.41) is 7.91. The summed E-state index contributed by atoms with van der Waals surface area (Å²) in [7, 11) is 1.57. The number of nitrogens with one attached hydrogen (secondary N) is 2. The molecule has 134 valence electrons. The van der Waals surface area contributed by atoms with Crippen molar-refractivity contribution >= 4 is 35.1 Å². The van der Waals surface area contributed by atoms with Gasteiger partial charge in [-0.25, -0.2) is 0 Å². The van der Waals surface area contributed by atoms with Gasteiger partial charge in [0.1, 0.15) is 5.76 Å². The molecule has 2 aromatic rings. The second kappa shape index (κ2) is 9.90. The van der Waals surface area contributed by atoms with E-state index in [0.29, 0.717) is 34.8 Å². The van der Waals surface area contributed by atoms with Crippen LogP contribution in [-0.4, -0.2) is 25.0 Å². The Morgan fingerprint density at radius 2 is 2.28 bits per heavy atom. The van der Waals surface area contributed by atoms with E-state index in [0.717, 1.165) is 17.7 Å². The molecule has 0 aliphatic heterocycles. The molecule has 0 amide bonds. The standard InChI is InChI=1S/C17H20ClN3O3S/c1-3-6-24-16-14(18)8-12(9-15(16)22-2)10-20-21-17(25)19-11-13-5-4-7-23-13/h4-5,7-10H,3,6,11H2,1-2H3,(H2,19,21,25)/b20-10-. The number of halogens is 1. The van der Waals surface area contributed by atoms with E-state index < -0.39 is 0 Å². The number of methoxy groups -OCH3 is 1. The van der Waals surface area contributed by atoms with Gasteiger partial charge in [-0.3, -0.25) is 5.43 Å². The van der Waals surface area contributed by atoms with Crippen molar-refractivity contribution in [3.8, 4) is 11.5 Å². The normalized spacial score (nSPS) is 10.7. The lowest BCUT2D eigenvalue weighted by molar-refractivity contribution is 0.294. The van der Waals surface area contributed by atoms with E-state index in [2.05, 4.69) is 15.8 Å². The molecule has 2 N–H and O–H groups in total. The zero-order valence-corrected chi connectivity index (χ0v) is 15.6. The van der Waals surface area contributed by atoms with Gasteiger partial charge in [0.15, 0.2) is 16.6 Å². The molecule has 0 aliphatic rings. The van der Waals surface area contributed by atoms with Gasteiger partial charge in [-0.15, -0.1) is 0 Å². The summed E-state index contributed by atoms with van der Waals surface area (Å²) >= 11 is 11.4. The summed E-state index contributed by atoms with van der Waals surface area (Å²) < 4.78 is 16.2. The predicted molar refractivity (Wildman–Crippen MR) is 103 cm³/mol. The van der Waals surface area contributed by atoms with Gasteiger partial charge in [0, 0.05) is 0 Å². The number of thiocarbonyl (C=S) groups is 1. The number of benzene rings is 1. The number of hydrazone groups is 1. The van der Waals surface area contributed by atoms with Crippen molar-refractivity contribution in [2.75, 3.05) is 13.7 Å². The molecule has 0 atom stereocenters. The quantitative estimate of drug-likeness (QED) is 0.412. The fraction of sp³-hybridized carbons (Fsp3) is 0.294. The van der Waals surface area contributed by atoms with E-state index in [1.807, 2.05) is 19.1 Å². The molecule has 1 aromatic carbocycles. The summed E-state index contributed by atoms with van der Waals surface area (Å²) in [5.41, 5.74) is 3.49. The third kappa shape index (κ3) is 5.95. The van der Waals surface area contributed by atoms with Gasteiger partial charge in [0.05, 0.1) is 37.8 Å². The predicted octanol–water partition coefficient (Wildman–Crippen LogP) is 3.73. The van der Waals surface area contributed by atoms with Crippen LogP contribution < -0.4 is 20.2 Å².